The molecule has 19 heavy (non-hydrogen) atoms. The molecule has 1 aliphatic heterocycles. The summed E-state index contributed by atoms with van der Waals surface area (Å²) >= 11 is 0. The van der Waals surface area contributed by atoms with E-state index in [4.69, 9.17) is 4.42 Å². The van der Waals surface area contributed by atoms with Gasteiger partial charge in [0.05, 0.1) is 5.69 Å². The minimum atomic E-state index is 0.467. The average molecular weight is 266 g/mol. The van der Waals surface area contributed by atoms with E-state index in [-0.39, 0.29) is 0 Å². The molecular formula is C14H26N4O. The summed E-state index contributed by atoms with van der Waals surface area (Å²) in [6, 6.07) is 1.86. The summed E-state index contributed by atoms with van der Waals surface area (Å²) in [7, 11) is 0. The van der Waals surface area contributed by atoms with E-state index in [2.05, 4.69) is 47.8 Å². The molecule has 5 heteroatoms. The number of rotatable bonds is 5. The Kier molecular flexibility index (Phi) is 4.82. The van der Waals surface area contributed by atoms with Gasteiger partial charge in [0.25, 0.3) is 6.01 Å². The van der Waals surface area contributed by atoms with Crippen LogP contribution in [-0.4, -0.2) is 48.1 Å². The van der Waals surface area contributed by atoms with Crippen LogP contribution in [0.15, 0.2) is 10.7 Å². The Hall–Kier alpha value is -1.07. The molecule has 0 aromatic carbocycles. The maximum atomic E-state index is 5.59. The molecule has 0 bridgehead atoms. The summed E-state index contributed by atoms with van der Waals surface area (Å²) in [5, 5.41) is 3.35. The lowest BCUT2D eigenvalue weighted by molar-refractivity contribution is 0.206. The van der Waals surface area contributed by atoms with Gasteiger partial charge < -0.3 is 14.6 Å². The third kappa shape index (κ3) is 3.94. The molecule has 1 aromatic heterocycles. The maximum absolute atomic E-state index is 5.59. The van der Waals surface area contributed by atoms with E-state index >= 15 is 0 Å². The van der Waals surface area contributed by atoms with Gasteiger partial charge >= 0.3 is 0 Å². The van der Waals surface area contributed by atoms with Crippen LogP contribution in [0, 0.1) is 0 Å². The van der Waals surface area contributed by atoms with Crippen molar-refractivity contribution in [3.05, 3.63) is 12.0 Å². The monoisotopic (exact) mass is 266 g/mol. The lowest BCUT2D eigenvalue weighted by Gasteiger charge is -2.36. The highest BCUT2D eigenvalue weighted by Gasteiger charge is 2.21. The van der Waals surface area contributed by atoms with Crippen molar-refractivity contribution in [3.8, 4) is 0 Å². The van der Waals surface area contributed by atoms with E-state index in [1.54, 1.807) is 6.26 Å². The summed E-state index contributed by atoms with van der Waals surface area (Å²) in [5.41, 5.74) is 0.981. The van der Waals surface area contributed by atoms with Crippen molar-refractivity contribution >= 4 is 6.01 Å². The van der Waals surface area contributed by atoms with Crippen LogP contribution < -0.4 is 10.2 Å². The molecule has 1 saturated heterocycles. The van der Waals surface area contributed by atoms with Crippen LogP contribution in [0.4, 0.5) is 6.01 Å². The smallest absolute Gasteiger partial charge is 0.297 e. The predicted octanol–water partition coefficient (Wildman–Crippen LogP) is 1.70. The summed E-state index contributed by atoms with van der Waals surface area (Å²) in [4.78, 5) is 9.27. The van der Waals surface area contributed by atoms with Crippen LogP contribution in [0.5, 0.6) is 0 Å². The Bertz CT molecular complexity index is 381. The largest absolute Gasteiger partial charge is 0.432 e. The van der Waals surface area contributed by atoms with Gasteiger partial charge in [-0.05, 0) is 13.8 Å². The normalized spacial score (nSPS) is 17.7. The highest BCUT2D eigenvalue weighted by Crippen LogP contribution is 2.16. The summed E-state index contributed by atoms with van der Waals surface area (Å²) in [5.74, 6) is 0. The van der Waals surface area contributed by atoms with Crippen LogP contribution >= 0.6 is 0 Å². The molecule has 1 aliphatic rings. The SMILES string of the molecule is CC(C)NCc1coc(N2CCN(C(C)C)CC2)n1. The Morgan fingerprint density at radius 2 is 1.89 bits per heavy atom. The fraction of sp³-hybridized carbons (Fsp3) is 0.786. The van der Waals surface area contributed by atoms with E-state index in [9.17, 15) is 0 Å². The second-order valence-electron chi connectivity index (χ2n) is 5.77. The molecule has 0 saturated carbocycles. The zero-order chi connectivity index (χ0) is 13.8. The molecule has 0 aliphatic carbocycles. The van der Waals surface area contributed by atoms with Crippen molar-refractivity contribution in [2.24, 2.45) is 0 Å². The quantitative estimate of drug-likeness (QED) is 0.879. The first-order chi connectivity index (χ1) is 9.06. The van der Waals surface area contributed by atoms with Crippen molar-refractivity contribution in [2.45, 2.75) is 46.3 Å². The molecule has 108 valence electrons. The van der Waals surface area contributed by atoms with Gasteiger partial charge in [-0.3, -0.25) is 4.90 Å². The number of aromatic nitrogens is 1. The zero-order valence-corrected chi connectivity index (χ0v) is 12.5. The first-order valence-corrected chi connectivity index (χ1v) is 7.23. The lowest BCUT2D eigenvalue weighted by atomic mass is 10.2. The first kappa shape index (κ1) is 14.3. The fourth-order valence-electron chi connectivity index (χ4n) is 2.26. The molecule has 1 fully saturated rings. The molecule has 0 amide bonds. The van der Waals surface area contributed by atoms with E-state index in [1.807, 2.05) is 0 Å². The summed E-state index contributed by atoms with van der Waals surface area (Å²) in [6.07, 6.45) is 1.76. The molecule has 0 atom stereocenters. The van der Waals surface area contributed by atoms with Crippen molar-refractivity contribution in [3.63, 3.8) is 0 Å². The van der Waals surface area contributed by atoms with Crippen LogP contribution in [-0.2, 0) is 6.54 Å². The van der Waals surface area contributed by atoms with Crippen molar-refractivity contribution < 1.29 is 4.42 Å². The number of piperazine rings is 1. The molecule has 1 N–H and O–H groups in total. The molecule has 2 rings (SSSR count). The van der Waals surface area contributed by atoms with Gasteiger partial charge in [0, 0.05) is 44.8 Å². The fourth-order valence-corrected chi connectivity index (χ4v) is 2.26. The topological polar surface area (TPSA) is 44.5 Å². The summed E-state index contributed by atoms with van der Waals surface area (Å²) < 4.78 is 5.59. The summed E-state index contributed by atoms with van der Waals surface area (Å²) in [6.45, 7) is 13.7. The average Bonchev–Trinajstić information content (AvgIpc) is 2.85. The van der Waals surface area contributed by atoms with Crippen LogP contribution in [0.2, 0.25) is 0 Å². The molecule has 5 nitrogen and oxygen atoms in total. The van der Waals surface area contributed by atoms with Crippen molar-refractivity contribution in [2.75, 3.05) is 31.1 Å². The number of nitrogens with zero attached hydrogens (tertiary/aromatic N) is 3. The Labute approximate surface area is 116 Å². The number of anilines is 1. The molecule has 2 heterocycles. The first-order valence-electron chi connectivity index (χ1n) is 7.23. The molecule has 1 aromatic rings. The van der Waals surface area contributed by atoms with Crippen LogP contribution in [0.3, 0.4) is 0 Å². The van der Waals surface area contributed by atoms with Crippen molar-refractivity contribution in [1.82, 2.24) is 15.2 Å². The minimum Gasteiger partial charge on any atom is -0.432 e. The van der Waals surface area contributed by atoms with Gasteiger partial charge in [0.1, 0.15) is 6.26 Å². The van der Waals surface area contributed by atoms with E-state index in [0.29, 0.717) is 12.1 Å². The third-order valence-electron chi connectivity index (χ3n) is 3.55. The Balaban J connectivity index is 1.86. The second kappa shape index (κ2) is 6.39. The number of hydrogen-bond acceptors (Lipinski definition) is 5. The van der Waals surface area contributed by atoms with E-state index in [0.717, 1.165) is 44.4 Å². The highest BCUT2D eigenvalue weighted by molar-refractivity contribution is 5.28. The van der Waals surface area contributed by atoms with Gasteiger partial charge in [0.15, 0.2) is 0 Å². The van der Waals surface area contributed by atoms with Gasteiger partial charge in [0.2, 0.25) is 0 Å². The lowest BCUT2D eigenvalue weighted by Crippen LogP contribution is -2.49. The maximum Gasteiger partial charge on any atom is 0.297 e. The van der Waals surface area contributed by atoms with E-state index < -0.39 is 0 Å². The molecule has 0 radical (unpaired) electrons. The van der Waals surface area contributed by atoms with Gasteiger partial charge in [-0.1, -0.05) is 13.8 Å². The number of oxazole rings is 1. The number of hydrogen-bond donors (Lipinski definition) is 1. The van der Waals surface area contributed by atoms with Crippen LogP contribution in [0.25, 0.3) is 0 Å². The molecule has 0 spiro atoms. The Morgan fingerprint density at radius 1 is 1.21 bits per heavy atom. The van der Waals surface area contributed by atoms with E-state index in [1.165, 1.54) is 0 Å². The minimum absolute atomic E-state index is 0.467. The van der Waals surface area contributed by atoms with Gasteiger partial charge in [-0.2, -0.15) is 4.98 Å². The molecule has 0 unspecified atom stereocenters. The van der Waals surface area contributed by atoms with Gasteiger partial charge in [-0.15, -0.1) is 0 Å². The standard InChI is InChI=1S/C14H26N4O/c1-11(2)15-9-13-10-19-14(16-13)18-7-5-17(6-8-18)12(3)4/h10-12,15H,5-9H2,1-4H3. The van der Waals surface area contributed by atoms with Crippen molar-refractivity contribution in [1.29, 1.82) is 0 Å². The molecular weight excluding hydrogens is 240 g/mol. The third-order valence-corrected chi connectivity index (χ3v) is 3.55. The zero-order valence-electron chi connectivity index (χ0n) is 12.5. The second-order valence-corrected chi connectivity index (χ2v) is 5.77. The number of nitrogens with one attached hydrogen (secondary N) is 1. The highest BCUT2D eigenvalue weighted by atomic mass is 16.4. The van der Waals surface area contributed by atoms with Crippen LogP contribution in [0.1, 0.15) is 33.4 Å². The van der Waals surface area contributed by atoms with Gasteiger partial charge in [-0.25, -0.2) is 0 Å². The predicted molar refractivity (Wildman–Crippen MR) is 77.4 cm³/mol. The Morgan fingerprint density at radius 3 is 2.47 bits per heavy atom.